The van der Waals surface area contributed by atoms with Crippen LogP contribution in [-0.2, 0) is 9.59 Å². The maximum absolute atomic E-state index is 12.6. The number of carbonyl (C=O) groups is 3. The molecule has 2 heterocycles. The minimum absolute atomic E-state index is 0.0798. The molecule has 25 heavy (non-hydrogen) atoms. The first-order valence-electron chi connectivity index (χ1n) is 8.64. The van der Waals surface area contributed by atoms with Crippen molar-refractivity contribution in [3.8, 4) is 0 Å². The smallest absolute Gasteiger partial charge is 0.322 e. The fourth-order valence-corrected chi connectivity index (χ4v) is 4.45. The monoisotopic (exact) mass is 361 g/mol. The van der Waals surface area contributed by atoms with E-state index in [9.17, 15) is 14.4 Å². The molecule has 7 heteroatoms. The zero-order valence-corrected chi connectivity index (χ0v) is 15.1. The molecule has 0 unspecified atom stereocenters. The van der Waals surface area contributed by atoms with Gasteiger partial charge in [0.1, 0.15) is 6.04 Å². The third-order valence-corrected chi connectivity index (χ3v) is 5.89. The highest BCUT2D eigenvalue weighted by molar-refractivity contribution is 8.00. The molecule has 2 aliphatic heterocycles. The number of urea groups is 1. The van der Waals surface area contributed by atoms with Gasteiger partial charge in [0.25, 0.3) is 0 Å². The molecule has 0 aliphatic carbocycles. The van der Waals surface area contributed by atoms with Crippen LogP contribution < -0.4 is 10.6 Å². The number of amides is 4. The van der Waals surface area contributed by atoms with Gasteiger partial charge in [0, 0.05) is 29.7 Å². The Labute approximate surface area is 151 Å². The fraction of sp³-hybridized carbons (Fsp3) is 0.500. The molecule has 2 aliphatic rings. The Kier molecular flexibility index (Phi) is 5.63. The summed E-state index contributed by atoms with van der Waals surface area (Å²) in [6.45, 7) is 3.47. The van der Waals surface area contributed by atoms with E-state index in [1.54, 1.807) is 0 Å². The van der Waals surface area contributed by atoms with Gasteiger partial charge in [-0.3, -0.25) is 14.9 Å². The van der Waals surface area contributed by atoms with Crippen molar-refractivity contribution >= 4 is 29.6 Å². The molecule has 1 atom stereocenters. The van der Waals surface area contributed by atoms with Gasteiger partial charge in [-0.1, -0.05) is 17.7 Å². The topological polar surface area (TPSA) is 78.5 Å². The molecule has 134 valence electrons. The predicted octanol–water partition coefficient (Wildman–Crippen LogP) is 2.07. The van der Waals surface area contributed by atoms with Crippen LogP contribution in [0.15, 0.2) is 29.2 Å². The Morgan fingerprint density at radius 2 is 1.96 bits per heavy atom. The van der Waals surface area contributed by atoms with Gasteiger partial charge in [-0.2, -0.15) is 0 Å². The molecule has 0 radical (unpaired) electrons. The Balaban J connectivity index is 1.52. The van der Waals surface area contributed by atoms with Crippen molar-refractivity contribution in [2.24, 2.45) is 0 Å². The Hall–Kier alpha value is -2.02. The second-order valence-electron chi connectivity index (χ2n) is 6.57. The van der Waals surface area contributed by atoms with E-state index >= 15 is 0 Å². The summed E-state index contributed by atoms with van der Waals surface area (Å²) in [6, 6.07) is 7.29. The van der Waals surface area contributed by atoms with Crippen LogP contribution in [0.4, 0.5) is 4.79 Å². The van der Waals surface area contributed by atoms with E-state index in [1.165, 1.54) is 10.5 Å². The summed E-state index contributed by atoms with van der Waals surface area (Å²) in [5.74, 6) is -0.412. The molecule has 1 aromatic rings. The van der Waals surface area contributed by atoms with Crippen LogP contribution in [0, 0.1) is 6.92 Å². The number of imide groups is 1. The van der Waals surface area contributed by atoms with Crippen LogP contribution in [0.3, 0.4) is 0 Å². The molecule has 0 aromatic heterocycles. The highest BCUT2D eigenvalue weighted by Gasteiger charge is 2.31. The van der Waals surface area contributed by atoms with Gasteiger partial charge in [0.05, 0.1) is 0 Å². The van der Waals surface area contributed by atoms with Gasteiger partial charge in [-0.05, 0) is 38.3 Å². The number of benzene rings is 1. The number of hydrogen-bond acceptors (Lipinski definition) is 4. The molecule has 3 rings (SSSR count). The maximum Gasteiger partial charge on any atom is 0.322 e. The maximum atomic E-state index is 12.6. The van der Waals surface area contributed by atoms with Crippen molar-refractivity contribution in [1.29, 1.82) is 0 Å². The number of rotatable bonds is 3. The van der Waals surface area contributed by atoms with Crippen molar-refractivity contribution in [2.45, 2.75) is 48.8 Å². The Morgan fingerprint density at radius 3 is 2.68 bits per heavy atom. The SMILES string of the molecule is Cc1cccc(SC2CCN(C(=O)[C@H]3CCC(=O)NC(=O)N3)CC2)c1. The molecule has 1 aromatic carbocycles. The first kappa shape index (κ1) is 17.8. The Morgan fingerprint density at radius 1 is 1.20 bits per heavy atom. The summed E-state index contributed by atoms with van der Waals surface area (Å²) < 4.78 is 0. The highest BCUT2D eigenvalue weighted by Crippen LogP contribution is 2.31. The lowest BCUT2D eigenvalue weighted by atomic mass is 10.1. The molecule has 4 amide bonds. The fourth-order valence-electron chi connectivity index (χ4n) is 3.21. The average molecular weight is 361 g/mol. The van der Waals surface area contributed by atoms with Crippen LogP contribution in [0.5, 0.6) is 0 Å². The normalized spacial score (nSPS) is 22.1. The van der Waals surface area contributed by atoms with Crippen molar-refractivity contribution in [3.05, 3.63) is 29.8 Å². The van der Waals surface area contributed by atoms with Crippen LogP contribution in [0.2, 0.25) is 0 Å². The summed E-state index contributed by atoms with van der Waals surface area (Å²) in [7, 11) is 0. The lowest BCUT2D eigenvalue weighted by Crippen LogP contribution is -2.51. The van der Waals surface area contributed by atoms with E-state index in [2.05, 4.69) is 41.8 Å². The van der Waals surface area contributed by atoms with E-state index < -0.39 is 12.1 Å². The second-order valence-corrected chi connectivity index (χ2v) is 7.95. The number of nitrogens with one attached hydrogen (secondary N) is 2. The molecule has 2 fully saturated rings. The summed E-state index contributed by atoms with van der Waals surface area (Å²) >= 11 is 1.87. The molecule has 6 nitrogen and oxygen atoms in total. The molecule has 2 saturated heterocycles. The number of thioether (sulfide) groups is 1. The molecule has 0 saturated carbocycles. The van der Waals surface area contributed by atoms with Gasteiger partial charge in [-0.15, -0.1) is 11.8 Å². The third-order valence-electron chi connectivity index (χ3n) is 4.56. The first-order chi connectivity index (χ1) is 12.0. The standard InChI is InChI=1S/C18H23N3O3S/c1-12-3-2-4-14(11-12)25-13-7-9-21(10-8-13)17(23)15-5-6-16(22)20-18(24)19-15/h2-4,11,13,15H,5-10H2,1H3,(H2,19,20,22,24)/t15-/m1/s1. The average Bonchev–Trinajstić information content (AvgIpc) is 2.75. The predicted molar refractivity (Wildman–Crippen MR) is 96.3 cm³/mol. The quantitative estimate of drug-likeness (QED) is 0.864. The van der Waals surface area contributed by atoms with Gasteiger partial charge < -0.3 is 10.2 Å². The first-order valence-corrected chi connectivity index (χ1v) is 9.51. The second kappa shape index (κ2) is 7.91. The van der Waals surface area contributed by atoms with Crippen LogP contribution in [0.25, 0.3) is 0 Å². The van der Waals surface area contributed by atoms with Gasteiger partial charge >= 0.3 is 6.03 Å². The minimum Gasteiger partial charge on any atom is -0.341 e. The number of carbonyl (C=O) groups excluding carboxylic acids is 3. The number of hydrogen-bond donors (Lipinski definition) is 2. The van der Waals surface area contributed by atoms with Crippen molar-refractivity contribution in [1.82, 2.24) is 15.5 Å². The summed E-state index contributed by atoms with van der Waals surface area (Å²) in [5.41, 5.74) is 1.25. The van der Waals surface area contributed by atoms with E-state index in [1.807, 2.05) is 16.7 Å². The minimum atomic E-state index is -0.604. The molecular weight excluding hydrogens is 338 g/mol. The van der Waals surface area contributed by atoms with Gasteiger partial charge in [0.2, 0.25) is 11.8 Å². The molecule has 0 bridgehead atoms. The number of likely N-dealkylation sites (tertiary alicyclic amines) is 1. The van der Waals surface area contributed by atoms with Crippen molar-refractivity contribution < 1.29 is 14.4 Å². The third kappa shape index (κ3) is 4.75. The lowest BCUT2D eigenvalue weighted by molar-refractivity contribution is -0.134. The summed E-state index contributed by atoms with van der Waals surface area (Å²) in [4.78, 5) is 38.7. The van der Waals surface area contributed by atoms with Gasteiger partial charge in [-0.25, -0.2) is 4.79 Å². The summed E-state index contributed by atoms with van der Waals surface area (Å²) in [5, 5.41) is 5.30. The number of piperidine rings is 1. The van der Waals surface area contributed by atoms with Crippen LogP contribution >= 0.6 is 11.8 Å². The number of nitrogens with zero attached hydrogens (tertiary/aromatic N) is 1. The molecule has 2 N–H and O–H groups in total. The molecule has 0 spiro atoms. The zero-order chi connectivity index (χ0) is 17.8. The van der Waals surface area contributed by atoms with Crippen LogP contribution in [-0.4, -0.2) is 47.1 Å². The van der Waals surface area contributed by atoms with Crippen molar-refractivity contribution in [3.63, 3.8) is 0 Å². The largest absolute Gasteiger partial charge is 0.341 e. The van der Waals surface area contributed by atoms with Gasteiger partial charge in [0.15, 0.2) is 0 Å². The van der Waals surface area contributed by atoms with E-state index in [0.717, 1.165) is 12.8 Å². The summed E-state index contributed by atoms with van der Waals surface area (Å²) in [6.07, 6.45) is 2.41. The number of aryl methyl sites for hydroxylation is 1. The van der Waals surface area contributed by atoms with E-state index in [4.69, 9.17) is 0 Å². The van der Waals surface area contributed by atoms with E-state index in [0.29, 0.717) is 24.8 Å². The highest BCUT2D eigenvalue weighted by atomic mass is 32.2. The lowest BCUT2D eigenvalue weighted by Gasteiger charge is -2.33. The Bertz CT molecular complexity index is 671. The van der Waals surface area contributed by atoms with Crippen LogP contribution in [0.1, 0.15) is 31.2 Å². The van der Waals surface area contributed by atoms with Crippen molar-refractivity contribution in [2.75, 3.05) is 13.1 Å². The molecular formula is C18H23N3O3S. The van der Waals surface area contributed by atoms with E-state index in [-0.39, 0.29) is 18.2 Å². The zero-order valence-electron chi connectivity index (χ0n) is 14.3.